The van der Waals surface area contributed by atoms with Gasteiger partial charge in [-0.1, -0.05) is 22.0 Å². The van der Waals surface area contributed by atoms with Crippen LogP contribution in [0, 0.1) is 0 Å². The Labute approximate surface area is 107 Å². The Morgan fingerprint density at radius 3 is 2.56 bits per heavy atom. The second-order valence-electron chi connectivity index (χ2n) is 3.16. The molecule has 94 valence electrons. The Bertz CT molecular complexity index is 538. The first-order valence-electron chi connectivity index (χ1n) is 4.96. The lowest BCUT2D eigenvalue weighted by Gasteiger charge is -2.01. The Kier molecular flexibility index (Phi) is 3.83. The number of ether oxygens (including phenoxy) is 2. The standard InChI is InChI=1S/C11H10N2O4S/c1-15-8-5-3-7(4-6-8)9(14)16-10-12-13-11(17-10)18-2/h3-6H,1-2H3. The van der Waals surface area contributed by atoms with Crippen molar-refractivity contribution < 1.29 is 18.7 Å². The van der Waals surface area contributed by atoms with Crippen LogP contribution in [0.15, 0.2) is 33.9 Å². The first-order chi connectivity index (χ1) is 8.72. The number of thioether (sulfide) groups is 1. The third-order valence-electron chi connectivity index (χ3n) is 2.07. The Morgan fingerprint density at radius 2 is 2.00 bits per heavy atom. The summed E-state index contributed by atoms with van der Waals surface area (Å²) in [5.74, 6) is 0.1000. The van der Waals surface area contributed by atoms with Crippen molar-refractivity contribution in [3.05, 3.63) is 29.8 Å². The molecule has 0 saturated heterocycles. The third-order valence-corrected chi connectivity index (χ3v) is 2.58. The molecule has 1 aromatic heterocycles. The number of rotatable bonds is 4. The summed E-state index contributed by atoms with van der Waals surface area (Å²) in [5.41, 5.74) is 0.375. The predicted octanol–water partition coefficient (Wildman–Crippen LogP) is 2.02. The Morgan fingerprint density at radius 1 is 1.28 bits per heavy atom. The van der Waals surface area contributed by atoms with Crippen LogP contribution in [0.4, 0.5) is 0 Å². The molecule has 0 radical (unpaired) electrons. The molecule has 0 spiro atoms. The summed E-state index contributed by atoms with van der Waals surface area (Å²) in [6.45, 7) is 0. The lowest BCUT2D eigenvalue weighted by atomic mass is 10.2. The van der Waals surface area contributed by atoms with Gasteiger partial charge in [-0.15, -0.1) is 0 Å². The van der Waals surface area contributed by atoms with Crippen LogP contribution in [0.25, 0.3) is 0 Å². The second-order valence-corrected chi connectivity index (χ2v) is 3.91. The zero-order valence-corrected chi connectivity index (χ0v) is 10.6. The van der Waals surface area contributed by atoms with Gasteiger partial charge in [-0.3, -0.25) is 0 Å². The van der Waals surface area contributed by atoms with Gasteiger partial charge in [0.2, 0.25) is 0 Å². The minimum Gasteiger partial charge on any atom is -0.497 e. The maximum Gasteiger partial charge on any atom is 0.423 e. The van der Waals surface area contributed by atoms with E-state index in [4.69, 9.17) is 13.9 Å². The van der Waals surface area contributed by atoms with E-state index in [2.05, 4.69) is 10.2 Å². The van der Waals surface area contributed by atoms with Crippen LogP contribution in [-0.4, -0.2) is 29.5 Å². The Hall–Kier alpha value is -2.02. The number of carbonyl (C=O) groups is 1. The summed E-state index contributed by atoms with van der Waals surface area (Å²) in [6.07, 6.45) is 1.61. The molecule has 1 aromatic carbocycles. The highest BCUT2D eigenvalue weighted by atomic mass is 32.2. The molecule has 0 bridgehead atoms. The van der Waals surface area contributed by atoms with E-state index in [1.807, 2.05) is 0 Å². The van der Waals surface area contributed by atoms with Crippen LogP contribution >= 0.6 is 11.8 Å². The molecule has 7 heteroatoms. The molecule has 0 saturated carbocycles. The first kappa shape index (κ1) is 12.4. The zero-order chi connectivity index (χ0) is 13.0. The molecular weight excluding hydrogens is 256 g/mol. The number of methoxy groups -OCH3 is 1. The van der Waals surface area contributed by atoms with Gasteiger partial charge in [0.15, 0.2) is 0 Å². The summed E-state index contributed by atoms with van der Waals surface area (Å²) < 4.78 is 15.0. The molecule has 6 nitrogen and oxygen atoms in total. The van der Waals surface area contributed by atoms with Gasteiger partial charge in [-0.05, 0) is 30.5 Å². The molecule has 0 N–H and O–H groups in total. The quantitative estimate of drug-likeness (QED) is 0.619. The van der Waals surface area contributed by atoms with Crippen LogP contribution in [0.3, 0.4) is 0 Å². The van der Waals surface area contributed by atoms with E-state index in [0.717, 1.165) is 0 Å². The molecule has 0 fully saturated rings. The highest BCUT2D eigenvalue weighted by molar-refractivity contribution is 7.98. The van der Waals surface area contributed by atoms with Gasteiger partial charge in [-0.2, -0.15) is 0 Å². The van der Waals surface area contributed by atoms with Crippen molar-refractivity contribution in [1.29, 1.82) is 0 Å². The van der Waals surface area contributed by atoms with Crippen molar-refractivity contribution in [1.82, 2.24) is 10.2 Å². The monoisotopic (exact) mass is 266 g/mol. The molecule has 0 unspecified atom stereocenters. The van der Waals surface area contributed by atoms with E-state index in [0.29, 0.717) is 16.5 Å². The summed E-state index contributed by atoms with van der Waals surface area (Å²) in [7, 11) is 1.55. The van der Waals surface area contributed by atoms with E-state index in [9.17, 15) is 4.79 Å². The highest BCUT2D eigenvalue weighted by Crippen LogP contribution is 2.18. The van der Waals surface area contributed by atoms with Crippen LogP contribution < -0.4 is 9.47 Å². The maximum atomic E-state index is 11.7. The topological polar surface area (TPSA) is 74.5 Å². The SMILES string of the molecule is COc1ccc(C(=O)Oc2nnc(SC)o2)cc1. The predicted molar refractivity (Wildman–Crippen MR) is 64.0 cm³/mol. The normalized spacial score (nSPS) is 10.1. The number of hydrogen-bond donors (Lipinski definition) is 0. The van der Waals surface area contributed by atoms with Crippen molar-refractivity contribution in [2.24, 2.45) is 0 Å². The number of carbonyl (C=O) groups excluding carboxylic acids is 1. The van der Waals surface area contributed by atoms with E-state index in [1.165, 1.54) is 11.8 Å². The minimum atomic E-state index is -0.561. The first-order valence-corrected chi connectivity index (χ1v) is 6.19. The molecule has 0 aliphatic heterocycles. The van der Waals surface area contributed by atoms with Gasteiger partial charge in [0.25, 0.3) is 5.22 Å². The highest BCUT2D eigenvalue weighted by Gasteiger charge is 2.13. The number of benzene rings is 1. The van der Waals surface area contributed by atoms with Crippen molar-refractivity contribution in [2.45, 2.75) is 5.22 Å². The van der Waals surface area contributed by atoms with Gasteiger partial charge >= 0.3 is 12.0 Å². The number of aromatic nitrogens is 2. The fraction of sp³-hybridized carbons (Fsp3) is 0.182. The van der Waals surface area contributed by atoms with Crippen molar-refractivity contribution >= 4 is 17.7 Å². The van der Waals surface area contributed by atoms with E-state index in [-0.39, 0.29) is 6.08 Å². The lowest BCUT2D eigenvalue weighted by molar-refractivity contribution is 0.0675. The van der Waals surface area contributed by atoms with Crippen molar-refractivity contribution in [3.8, 4) is 11.8 Å². The van der Waals surface area contributed by atoms with Gasteiger partial charge in [-0.25, -0.2) is 4.79 Å². The molecule has 2 rings (SSSR count). The molecule has 0 amide bonds. The second kappa shape index (κ2) is 5.54. The number of nitrogens with zero attached hydrogens (tertiary/aromatic N) is 2. The van der Waals surface area contributed by atoms with E-state index >= 15 is 0 Å². The fourth-order valence-electron chi connectivity index (χ4n) is 1.19. The summed E-state index contributed by atoms with van der Waals surface area (Å²) in [4.78, 5) is 11.7. The van der Waals surface area contributed by atoms with Crippen LogP contribution in [0.5, 0.6) is 11.8 Å². The van der Waals surface area contributed by atoms with Gasteiger partial charge < -0.3 is 13.9 Å². The smallest absolute Gasteiger partial charge is 0.423 e. The molecule has 18 heavy (non-hydrogen) atoms. The summed E-state index contributed by atoms with van der Waals surface area (Å²) in [5, 5.41) is 7.58. The molecule has 1 heterocycles. The number of hydrogen-bond acceptors (Lipinski definition) is 7. The maximum absolute atomic E-state index is 11.7. The van der Waals surface area contributed by atoms with Gasteiger partial charge in [0.05, 0.1) is 12.7 Å². The average molecular weight is 266 g/mol. The summed E-state index contributed by atoms with van der Waals surface area (Å²) >= 11 is 1.27. The van der Waals surface area contributed by atoms with Crippen molar-refractivity contribution in [3.63, 3.8) is 0 Å². The molecule has 0 aliphatic carbocycles. The zero-order valence-electron chi connectivity index (χ0n) is 9.75. The molecule has 0 aliphatic rings. The number of esters is 1. The Balaban J connectivity index is 2.06. The van der Waals surface area contributed by atoms with E-state index in [1.54, 1.807) is 37.6 Å². The minimum absolute atomic E-state index is 0.167. The molecule has 0 atom stereocenters. The van der Waals surface area contributed by atoms with Gasteiger partial charge in [0.1, 0.15) is 5.75 Å². The van der Waals surface area contributed by atoms with E-state index < -0.39 is 5.97 Å². The van der Waals surface area contributed by atoms with Crippen LogP contribution in [0.2, 0.25) is 0 Å². The molecular formula is C11H10N2O4S. The lowest BCUT2D eigenvalue weighted by Crippen LogP contribution is -2.08. The summed E-state index contributed by atoms with van der Waals surface area (Å²) in [6, 6.07) is 6.51. The average Bonchev–Trinajstić information content (AvgIpc) is 2.86. The van der Waals surface area contributed by atoms with Crippen molar-refractivity contribution in [2.75, 3.05) is 13.4 Å². The molecule has 2 aromatic rings. The fourth-order valence-corrected chi connectivity index (χ4v) is 1.46. The third kappa shape index (κ3) is 2.80. The van der Waals surface area contributed by atoms with Gasteiger partial charge in [0, 0.05) is 0 Å². The van der Waals surface area contributed by atoms with Crippen LogP contribution in [-0.2, 0) is 0 Å². The largest absolute Gasteiger partial charge is 0.497 e. The van der Waals surface area contributed by atoms with Crippen LogP contribution in [0.1, 0.15) is 10.4 Å².